The van der Waals surface area contributed by atoms with Crippen LogP contribution in [0.2, 0.25) is 0 Å². The maximum Gasteiger partial charge on any atom is 0.182 e. The van der Waals surface area contributed by atoms with Crippen LogP contribution in [-0.2, 0) is 0 Å². The molecule has 2 radical (unpaired) electrons. The third-order valence-corrected chi connectivity index (χ3v) is 3.90. The van der Waals surface area contributed by atoms with Gasteiger partial charge in [0.25, 0.3) is 0 Å². The first-order chi connectivity index (χ1) is 8.90. The van der Waals surface area contributed by atoms with Gasteiger partial charge >= 0.3 is 0 Å². The molecule has 19 heavy (non-hydrogen) atoms. The number of piperidine rings is 1. The van der Waals surface area contributed by atoms with Crippen molar-refractivity contribution in [2.45, 2.75) is 59.4 Å². The predicted octanol–water partition coefficient (Wildman–Crippen LogP) is 4.31. The minimum Gasteiger partial charge on any atom is -0.351 e. The topological polar surface area (TPSA) is 3.24 Å². The molecule has 1 aromatic rings. The summed E-state index contributed by atoms with van der Waals surface area (Å²) in [5.74, 6) is 1.53. The van der Waals surface area contributed by atoms with Crippen LogP contribution in [0, 0.1) is 12.8 Å². The Bertz CT molecular complexity index is 375. The second kappa shape index (κ2) is 7.74. The fourth-order valence-electron chi connectivity index (χ4n) is 2.45. The summed E-state index contributed by atoms with van der Waals surface area (Å²) in [6.07, 6.45) is 2.53. The molecule has 1 heterocycles. The Hall–Kier alpha value is -0.755. The molecular formula is C17H28BN. The van der Waals surface area contributed by atoms with E-state index < -0.39 is 0 Å². The van der Waals surface area contributed by atoms with E-state index in [4.69, 9.17) is 7.98 Å². The summed E-state index contributed by atoms with van der Waals surface area (Å²) >= 11 is 0. The maximum atomic E-state index is 5.67. The van der Waals surface area contributed by atoms with Gasteiger partial charge in [0.05, 0.1) is 0 Å². The number of hydrogen-bond donors (Lipinski definition) is 0. The minimum absolute atomic E-state index is 0.591. The Balaban J connectivity index is 0.000000191. The number of hydrogen-bond acceptors (Lipinski definition) is 1. The molecule has 0 unspecified atom stereocenters. The summed E-state index contributed by atoms with van der Waals surface area (Å²) in [6, 6.07) is 9.26. The van der Waals surface area contributed by atoms with E-state index in [2.05, 4.69) is 58.9 Å². The van der Waals surface area contributed by atoms with Gasteiger partial charge in [0, 0.05) is 0 Å². The molecule has 2 atom stereocenters. The van der Waals surface area contributed by atoms with E-state index in [1.807, 2.05) is 4.81 Å². The van der Waals surface area contributed by atoms with Crippen LogP contribution < -0.4 is 0 Å². The van der Waals surface area contributed by atoms with Crippen LogP contribution in [0.1, 0.15) is 57.6 Å². The van der Waals surface area contributed by atoms with Gasteiger partial charge in [-0.1, -0.05) is 57.5 Å². The zero-order valence-corrected chi connectivity index (χ0v) is 13.2. The molecule has 1 aliphatic heterocycles. The summed E-state index contributed by atoms with van der Waals surface area (Å²) in [4.78, 5) is 1.94. The first kappa shape index (κ1) is 16.3. The smallest absolute Gasteiger partial charge is 0.182 e. The van der Waals surface area contributed by atoms with Gasteiger partial charge in [-0.2, -0.15) is 0 Å². The largest absolute Gasteiger partial charge is 0.351 e. The molecule has 104 valence electrons. The molecule has 0 N–H and O–H groups in total. The third-order valence-electron chi connectivity index (χ3n) is 3.90. The van der Waals surface area contributed by atoms with Crippen molar-refractivity contribution in [3.63, 3.8) is 0 Å². The van der Waals surface area contributed by atoms with Crippen LogP contribution in [-0.4, -0.2) is 25.4 Å². The van der Waals surface area contributed by atoms with Crippen molar-refractivity contribution in [1.82, 2.24) is 4.81 Å². The summed E-state index contributed by atoms with van der Waals surface area (Å²) in [5.41, 5.74) is 2.78. The number of nitrogens with zero attached hydrogens (tertiary/aromatic N) is 1. The van der Waals surface area contributed by atoms with Crippen molar-refractivity contribution in [1.29, 1.82) is 0 Å². The lowest BCUT2D eigenvalue weighted by molar-refractivity contribution is 0.227. The van der Waals surface area contributed by atoms with E-state index in [0.29, 0.717) is 12.0 Å². The van der Waals surface area contributed by atoms with Gasteiger partial charge in [-0.3, -0.25) is 0 Å². The minimum atomic E-state index is 0.591. The van der Waals surface area contributed by atoms with Gasteiger partial charge in [-0.05, 0) is 49.8 Å². The molecule has 0 amide bonds. The number of rotatable bonds is 1. The van der Waals surface area contributed by atoms with E-state index >= 15 is 0 Å². The van der Waals surface area contributed by atoms with Crippen LogP contribution in [0.4, 0.5) is 0 Å². The SMILES string of the molecule is Cc1cccc(C(C)C)c1.[B]N1CC[C@H](C)C[C@@H]1C. The van der Waals surface area contributed by atoms with Crippen molar-refractivity contribution in [3.8, 4) is 0 Å². The van der Waals surface area contributed by atoms with Crippen molar-refractivity contribution >= 4 is 7.98 Å². The molecule has 1 aliphatic rings. The lowest BCUT2D eigenvalue weighted by atomic mass is 9.91. The molecule has 2 rings (SSSR count). The zero-order chi connectivity index (χ0) is 14.4. The molecule has 0 spiro atoms. The lowest BCUT2D eigenvalue weighted by Crippen LogP contribution is -2.37. The van der Waals surface area contributed by atoms with E-state index in [1.54, 1.807) is 0 Å². The van der Waals surface area contributed by atoms with Crippen LogP contribution in [0.25, 0.3) is 0 Å². The van der Waals surface area contributed by atoms with Gasteiger partial charge in [0.15, 0.2) is 7.98 Å². The molecule has 0 aromatic heterocycles. The molecule has 0 saturated carbocycles. The predicted molar refractivity (Wildman–Crippen MR) is 85.6 cm³/mol. The highest BCUT2D eigenvalue weighted by Gasteiger charge is 2.18. The van der Waals surface area contributed by atoms with E-state index in [0.717, 1.165) is 12.5 Å². The molecule has 1 fully saturated rings. The monoisotopic (exact) mass is 257 g/mol. The zero-order valence-electron chi connectivity index (χ0n) is 13.2. The van der Waals surface area contributed by atoms with Crippen LogP contribution in [0.3, 0.4) is 0 Å². The number of benzene rings is 1. The Morgan fingerprint density at radius 2 is 1.95 bits per heavy atom. The van der Waals surface area contributed by atoms with Crippen molar-refractivity contribution in [2.75, 3.05) is 6.54 Å². The van der Waals surface area contributed by atoms with Gasteiger partial charge in [-0.15, -0.1) is 0 Å². The number of aryl methyl sites for hydroxylation is 1. The Morgan fingerprint density at radius 3 is 2.37 bits per heavy atom. The van der Waals surface area contributed by atoms with E-state index in [9.17, 15) is 0 Å². The summed E-state index contributed by atoms with van der Waals surface area (Å²) < 4.78 is 0. The highest BCUT2D eigenvalue weighted by atomic mass is 15.1. The molecule has 1 nitrogen and oxygen atoms in total. The van der Waals surface area contributed by atoms with Gasteiger partial charge in [0.1, 0.15) is 0 Å². The molecule has 0 aliphatic carbocycles. The standard InChI is InChI=1S/C10H14.C7H14BN/c1-8(2)10-6-4-5-9(3)7-10;1-6-3-4-9(8)7(2)5-6/h4-8H,1-3H3;6-7H,3-5H2,1-2H3/t;6-,7-/m.0/s1. The second-order valence-electron chi connectivity index (χ2n) is 6.29. The van der Waals surface area contributed by atoms with Gasteiger partial charge in [0.2, 0.25) is 0 Å². The normalized spacial score (nSPS) is 23.9. The summed E-state index contributed by atoms with van der Waals surface area (Å²) in [6.45, 7) is 12.1. The first-order valence-corrected chi connectivity index (χ1v) is 7.48. The van der Waals surface area contributed by atoms with Crippen molar-refractivity contribution < 1.29 is 0 Å². The van der Waals surface area contributed by atoms with E-state index in [1.165, 1.54) is 24.0 Å². The molecule has 0 bridgehead atoms. The molecule has 1 saturated heterocycles. The maximum absolute atomic E-state index is 5.67. The lowest BCUT2D eigenvalue weighted by Gasteiger charge is -2.33. The summed E-state index contributed by atoms with van der Waals surface area (Å²) in [5, 5.41) is 0. The highest BCUT2D eigenvalue weighted by Crippen LogP contribution is 2.19. The molecular weight excluding hydrogens is 229 g/mol. The average Bonchev–Trinajstić information content (AvgIpc) is 2.35. The van der Waals surface area contributed by atoms with Crippen LogP contribution in [0.15, 0.2) is 24.3 Å². The van der Waals surface area contributed by atoms with Crippen molar-refractivity contribution in [2.24, 2.45) is 5.92 Å². The Kier molecular flexibility index (Phi) is 6.64. The third kappa shape index (κ3) is 5.82. The van der Waals surface area contributed by atoms with Gasteiger partial charge in [-0.25, -0.2) is 0 Å². The first-order valence-electron chi connectivity index (χ1n) is 7.48. The van der Waals surface area contributed by atoms with Crippen LogP contribution >= 0.6 is 0 Å². The highest BCUT2D eigenvalue weighted by molar-refractivity contribution is 6.04. The van der Waals surface area contributed by atoms with Crippen LogP contribution in [0.5, 0.6) is 0 Å². The molecule has 1 aromatic carbocycles. The fourth-order valence-corrected chi connectivity index (χ4v) is 2.45. The Labute approximate surface area is 120 Å². The quantitative estimate of drug-likeness (QED) is 0.678. The molecule has 2 heteroatoms. The van der Waals surface area contributed by atoms with Gasteiger partial charge < -0.3 is 4.81 Å². The summed E-state index contributed by atoms with van der Waals surface area (Å²) in [7, 11) is 5.67. The van der Waals surface area contributed by atoms with E-state index in [-0.39, 0.29) is 0 Å². The fraction of sp³-hybridized carbons (Fsp3) is 0.647. The average molecular weight is 257 g/mol. The Morgan fingerprint density at radius 1 is 1.26 bits per heavy atom. The van der Waals surface area contributed by atoms with Crippen molar-refractivity contribution in [3.05, 3.63) is 35.4 Å². The second-order valence-corrected chi connectivity index (χ2v) is 6.29.